The summed E-state index contributed by atoms with van der Waals surface area (Å²) in [5.41, 5.74) is 3.25. The van der Waals surface area contributed by atoms with Gasteiger partial charge in [0.2, 0.25) is 0 Å². The van der Waals surface area contributed by atoms with Crippen LogP contribution in [-0.2, 0) is 0 Å². The third kappa shape index (κ3) is 4.26. The number of aromatic nitrogens is 1. The van der Waals surface area contributed by atoms with E-state index in [0.717, 1.165) is 41.1 Å². The van der Waals surface area contributed by atoms with E-state index in [-0.39, 0.29) is 5.91 Å². The van der Waals surface area contributed by atoms with Crippen molar-refractivity contribution in [1.82, 2.24) is 4.98 Å². The highest BCUT2D eigenvalue weighted by Gasteiger charge is 2.13. The maximum atomic E-state index is 12.7. The number of fused-ring (bicyclic) bond motifs is 1. The van der Waals surface area contributed by atoms with Crippen molar-refractivity contribution < 1.29 is 14.3 Å². The summed E-state index contributed by atoms with van der Waals surface area (Å²) in [6, 6.07) is 13.0. The molecule has 6 heteroatoms. The van der Waals surface area contributed by atoms with Crippen LogP contribution in [0.25, 0.3) is 10.9 Å². The van der Waals surface area contributed by atoms with E-state index < -0.39 is 0 Å². The van der Waals surface area contributed by atoms with Gasteiger partial charge in [0.05, 0.1) is 19.7 Å². The van der Waals surface area contributed by atoms with Crippen molar-refractivity contribution in [2.45, 2.75) is 20.8 Å². The average molecular weight is 393 g/mol. The standard InChI is InChI=1S/C23H27N3O3/c1-6-26(7-2)22-12-15(3)18-14-17(9-10-19(18)25-22)24-23(27)16-8-11-20(28-4)21(13-16)29-5/h8-14H,6-7H2,1-5H3,(H,24,27). The maximum Gasteiger partial charge on any atom is 0.255 e. The number of rotatable bonds is 7. The first-order valence-corrected chi connectivity index (χ1v) is 9.70. The minimum Gasteiger partial charge on any atom is -0.493 e. The van der Waals surface area contributed by atoms with Crippen molar-refractivity contribution in [2.75, 3.05) is 37.5 Å². The first kappa shape index (κ1) is 20.5. The van der Waals surface area contributed by atoms with Crippen LogP contribution < -0.4 is 19.7 Å². The Morgan fingerprint density at radius 1 is 1.00 bits per heavy atom. The van der Waals surface area contributed by atoms with Crippen molar-refractivity contribution in [2.24, 2.45) is 0 Å². The van der Waals surface area contributed by atoms with Gasteiger partial charge in [-0.2, -0.15) is 0 Å². The lowest BCUT2D eigenvalue weighted by Gasteiger charge is -2.21. The Balaban J connectivity index is 1.88. The van der Waals surface area contributed by atoms with E-state index in [1.54, 1.807) is 32.4 Å². The van der Waals surface area contributed by atoms with Crippen LogP contribution in [0.3, 0.4) is 0 Å². The molecule has 0 saturated carbocycles. The molecule has 0 unspecified atom stereocenters. The topological polar surface area (TPSA) is 63.7 Å². The minimum atomic E-state index is -0.212. The number of anilines is 2. The molecular weight excluding hydrogens is 366 g/mol. The Bertz CT molecular complexity index is 1030. The van der Waals surface area contributed by atoms with Crippen molar-refractivity contribution in [3.8, 4) is 11.5 Å². The molecule has 0 radical (unpaired) electrons. The predicted octanol–water partition coefficient (Wildman–Crippen LogP) is 4.66. The third-order valence-corrected chi connectivity index (χ3v) is 4.99. The summed E-state index contributed by atoms with van der Waals surface area (Å²) in [6.45, 7) is 8.13. The Morgan fingerprint density at radius 3 is 2.38 bits per heavy atom. The lowest BCUT2D eigenvalue weighted by molar-refractivity contribution is 0.102. The second kappa shape index (κ2) is 8.82. The van der Waals surface area contributed by atoms with E-state index >= 15 is 0 Å². The number of methoxy groups -OCH3 is 2. The number of nitrogens with zero attached hydrogens (tertiary/aromatic N) is 2. The van der Waals surface area contributed by atoms with Crippen LogP contribution in [0.4, 0.5) is 11.5 Å². The third-order valence-electron chi connectivity index (χ3n) is 4.99. The van der Waals surface area contributed by atoms with Gasteiger partial charge in [-0.25, -0.2) is 4.98 Å². The largest absolute Gasteiger partial charge is 0.493 e. The second-order valence-corrected chi connectivity index (χ2v) is 6.73. The Labute approximate surface area is 171 Å². The number of hydrogen-bond donors (Lipinski definition) is 1. The molecule has 29 heavy (non-hydrogen) atoms. The summed E-state index contributed by atoms with van der Waals surface area (Å²) in [5, 5.41) is 3.97. The van der Waals surface area contributed by atoms with Crippen LogP contribution >= 0.6 is 0 Å². The second-order valence-electron chi connectivity index (χ2n) is 6.73. The van der Waals surface area contributed by atoms with Gasteiger partial charge in [0, 0.05) is 29.7 Å². The number of aryl methyl sites for hydroxylation is 1. The van der Waals surface area contributed by atoms with Gasteiger partial charge in [0.15, 0.2) is 11.5 Å². The average Bonchev–Trinajstić information content (AvgIpc) is 2.74. The van der Waals surface area contributed by atoms with Crippen molar-refractivity contribution >= 4 is 28.3 Å². The Morgan fingerprint density at radius 2 is 1.72 bits per heavy atom. The summed E-state index contributed by atoms with van der Waals surface area (Å²) in [4.78, 5) is 19.7. The molecule has 1 amide bonds. The lowest BCUT2D eigenvalue weighted by Crippen LogP contribution is -2.23. The fourth-order valence-corrected chi connectivity index (χ4v) is 3.34. The van der Waals surface area contributed by atoms with Crippen LogP contribution in [0.5, 0.6) is 11.5 Å². The summed E-state index contributed by atoms with van der Waals surface area (Å²) >= 11 is 0. The number of carbonyl (C=O) groups excluding carboxylic acids is 1. The number of hydrogen-bond acceptors (Lipinski definition) is 5. The van der Waals surface area contributed by atoms with Gasteiger partial charge < -0.3 is 19.7 Å². The summed E-state index contributed by atoms with van der Waals surface area (Å²) in [5.74, 6) is 1.86. The molecule has 152 valence electrons. The SMILES string of the molecule is CCN(CC)c1cc(C)c2cc(NC(=O)c3ccc(OC)c(OC)c3)ccc2n1. The van der Waals surface area contributed by atoms with E-state index in [9.17, 15) is 4.79 Å². The molecule has 0 fully saturated rings. The zero-order chi connectivity index (χ0) is 21.0. The Kier molecular flexibility index (Phi) is 6.22. The van der Waals surface area contributed by atoms with Crippen LogP contribution in [-0.4, -0.2) is 38.2 Å². The van der Waals surface area contributed by atoms with Gasteiger partial charge in [0.1, 0.15) is 5.82 Å². The fourth-order valence-electron chi connectivity index (χ4n) is 3.34. The van der Waals surface area contributed by atoms with Crippen molar-refractivity contribution in [3.05, 3.63) is 53.6 Å². The normalized spacial score (nSPS) is 10.7. The number of benzene rings is 2. The smallest absolute Gasteiger partial charge is 0.255 e. The molecule has 0 saturated heterocycles. The van der Waals surface area contributed by atoms with Crippen LogP contribution in [0.1, 0.15) is 29.8 Å². The van der Waals surface area contributed by atoms with E-state index in [0.29, 0.717) is 17.1 Å². The molecule has 6 nitrogen and oxygen atoms in total. The fraction of sp³-hybridized carbons (Fsp3) is 0.304. The van der Waals surface area contributed by atoms with Gasteiger partial charge in [-0.3, -0.25) is 4.79 Å². The molecule has 1 aromatic heterocycles. The molecule has 1 heterocycles. The number of pyridine rings is 1. The molecule has 3 rings (SSSR count). The molecule has 0 atom stereocenters. The first-order valence-electron chi connectivity index (χ1n) is 9.70. The van der Waals surface area contributed by atoms with E-state index in [1.807, 2.05) is 18.2 Å². The molecule has 3 aromatic rings. The quantitative estimate of drug-likeness (QED) is 0.633. The highest BCUT2D eigenvalue weighted by molar-refractivity contribution is 6.05. The van der Waals surface area contributed by atoms with E-state index in [4.69, 9.17) is 14.5 Å². The zero-order valence-electron chi connectivity index (χ0n) is 17.6. The maximum absolute atomic E-state index is 12.7. The van der Waals surface area contributed by atoms with Crippen LogP contribution in [0.15, 0.2) is 42.5 Å². The minimum absolute atomic E-state index is 0.212. The van der Waals surface area contributed by atoms with Gasteiger partial charge in [0.25, 0.3) is 5.91 Å². The van der Waals surface area contributed by atoms with Gasteiger partial charge in [-0.05, 0) is 68.8 Å². The van der Waals surface area contributed by atoms with Crippen molar-refractivity contribution in [1.29, 1.82) is 0 Å². The highest BCUT2D eigenvalue weighted by Crippen LogP contribution is 2.29. The molecular formula is C23H27N3O3. The monoisotopic (exact) mass is 393 g/mol. The molecule has 0 bridgehead atoms. The van der Waals surface area contributed by atoms with Crippen LogP contribution in [0.2, 0.25) is 0 Å². The number of ether oxygens (including phenoxy) is 2. The zero-order valence-corrected chi connectivity index (χ0v) is 17.6. The van der Waals surface area contributed by atoms with Crippen LogP contribution in [0, 0.1) is 6.92 Å². The predicted molar refractivity (Wildman–Crippen MR) is 118 cm³/mol. The van der Waals surface area contributed by atoms with Gasteiger partial charge in [-0.1, -0.05) is 0 Å². The number of nitrogens with one attached hydrogen (secondary N) is 1. The van der Waals surface area contributed by atoms with Gasteiger partial charge >= 0.3 is 0 Å². The molecule has 1 N–H and O–H groups in total. The first-order chi connectivity index (χ1) is 14.0. The summed E-state index contributed by atoms with van der Waals surface area (Å²) in [6.07, 6.45) is 0. The van der Waals surface area contributed by atoms with E-state index in [2.05, 4.69) is 37.1 Å². The molecule has 0 aliphatic heterocycles. The van der Waals surface area contributed by atoms with E-state index in [1.165, 1.54) is 0 Å². The highest BCUT2D eigenvalue weighted by atomic mass is 16.5. The lowest BCUT2D eigenvalue weighted by atomic mass is 10.1. The molecule has 0 aliphatic rings. The summed E-state index contributed by atoms with van der Waals surface area (Å²) < 4.78 is 10.5. The van der Waals surface area contributed by atoms with Crippen molar-refractivity contribution in [3.63, 3.8) is 0 Å². The number of amides is 1. The number of carbonyl (C=O) groups is 1. The Hall–Kier alpha value is -3.28. The molecule has 0 spiro atoms. The molecule has 0 aliphatic carbocycles. The summed E-state index contributed by atoms with van der Waals surface area (Å²) in [7, 11) is 3.11. The van der Waals surface area contributed by atoms with Gasteiger partial charge in [-0.15, -0.1) is 0 Å². The molecule has 2 aromatic carbocycles.